The summed E-state index contributed by atoms with van der Waals surface area (Å²) in [7, 11) is 0. The third-order valence-electron chi connectivity index (χ3n) is 2.04. The first-order valence-electron chi connectivity index (χ1n) is 4.80. The van der Waals surface area contributed by atoms with Gasteiger partial charge < -0.3 is 11.1 Å². The van der Waals surface area contributed by atoms with Crippen LogP contribution < -0.4 is 11.1 Å². The van der Waals surface area contributed by atoms with Gasteiger partial charge in [-0.3, -0.25) is 9.89 Å². The molecule has 0 atom stereocenters. The van der Waals surface area contributed by atoms with Crippen molar-refractivity contribution in [1.29, 1.82) is 0 Å². The molecule has 5 nitrogen and oxygen atoms in total. The molecule has 0 saturated carbocycles. The molecule has 0 aliphatic carbocycles. The van der Waals surface area contributed by atoms with Gasteiger partial charge in [-0.1, -0.05) is 6.92 Å². The Morgan fingerprint density at radius 2 is 2.40 bits per heavy atom. The number of carbonyl (C=O) groups excluding carboxylic acids is 1. The number of thioether (sulfide) groups is 1. The van der Waals surface area contributed by atoms with E-state index in [1.165, 1.54) is 0 Å². The lowest BCUT2D eigenvalue weighted by molar-refractivity contribution is 0.0952. The third-order valence-corrected chi connectivity index (χ3v) is 2.66. The lowest BCUT2D eigenvalue weighted by Crippen LogP contribution is -2.26. The topological polar surface area (TPSA) is 83.8 Å². The average molecular weight is 228 g/mol. The summed E-state index contributed by atoms with van der Waals surface area (Å²) in [6.45, 7) is 2.59. The van der Waals surface area contributed by atoms with E-state index in [0.29, 0.717) is 17.9 Å². The highest BCUT2D eigenvalue weighted by Gasteiger charge is 2.15. The van der Waals surface area contributed by atoms with E-state index in [0.717, 1.165) is 17.9 Å². The predicted octanol–water partition coefficient (Wildman–Crippen LogP) is 0.647. The first-order chi connectivity index (χ1) is 7.20. The van der Waals surface area contributed by atoms with E-state index < -0.39 is 0 Å². The number of aryl methyl sites for hydroxylation is 1. The van der Waals surface area contributed by atoms with Crippen LogP contribution in [0, 0.1) is 0 Å². The lowest BCUT2D eigenvalue weighted by Gasteiger charge is -2.01. The molecular weight excluding hydrogens is 212 g/mol. The standard InChI is InChI=1S/C9H16N4OS/c1-3-6-7(10)8(13-12-6)9(14)11-4-5-15-2/h3-5,10H2,1-2H3,(H,11,14)(H,12,13). The number of aromatic nitrogens is 2. The van der Waals surface area contributed by atoms with E-state index in [4.69, 9.17) is 5.73 Å². The molecule has 4 N–H and O–H groups in total. The van der Waals surface area contributed by atoms with Gasteiger partial charge in [-0.15, -0.1) is 0 Å². The van der Waals surface area contributed by atoms with Crippen LogP contribution in [-0.2, 0) is 6.42 Å². The second kappa shape index (κ2) is 5.65. The maximum atomic E-state index is 11.6. The number of hydrogen-bond acceptors (Lipinski definition) is 4. The Morgan fingerprint density at radius 1 is 1.67 bits per heavy atom. The number of rotatable bonds is 5. The molecule has 0 aromatic carbocycles. The summed E-state index contributed by atoms with van der Waals surface area (Å²) in [5, 5.41) is 9.41. The largest absolute Gasteiger partial charge is 0.395 e. The van der Waals surface area contributed by atoms with E-state index in [2.05, 4.69) is 15.5 Å². The fraction of sp³-hybridized carbons (Fsp3) is 0.556. The highest BCUT2D eigenvalue weighted by Crippen LogP contribution is 2.13. The molecular formula is C9H16N4OS. The smallest absolute Gasteiger partial charge is 0.273 e. The second-order valence-corrected chi connectivity index (χ2v) is 4.05. The first-order valence-corrected chi connectivity index (χ1v) is 6.19. The second-order valence-electron chi connectivity index (χ2n) is 3.07. The van der Waals surface area contributed by atoms with Crippen LogP contribution in [0.2, 0.25) is 0 Å². The zero-order valence-corrected chi connectivity index (χ0v) is 9.78. The number of nitrogens with two attached hydrogens (primary N) is 1. The molecule has 1 aromatic heterocycles. The van der Waals surface area contributed by atoms with E-state index in [1.807, 2.05) is 13.2 Å². The van der Waals surface area contributed by atoms with Crippen LogP contribution in [0.4, 0.5) is 5.69 Å². The summed E-state index contributed by atoms with van der Waals surface area (Å²) in [6.07, 6.45) is 2.74. The van der Waals surface area contributed by atoms with Crippen molar-refractivity contribution in [1.82, 2.24) is 15.5 Å². The quantitative estimate of drug-likeness (QED) is 0.646. The Bertz CT molecular complexity index is 337. The van der Waals surface area contributed by atoms with Crippen molar-refractivity contribution in [3.63, 3.8) is 0 Å². The molecule has 1 heterocycles. The van der Waals surface area contributed by atoms with Crippen LogP contribution in [0.3, 0.4) is 0 Å². The summed E-state index contributed by atoms with van der Waals surface area (Å²) < 4.78 is 0. The summed E-state index contributed by atoms with van der Waals surface area (Å²) >= 11 is 1.68. The SMILES string of the molecule is CCc1[nH]nc(C(=O)NCCSC)c1N. The Hall–Kier alpha value is -1.17. The zero-order valence-electron chi connectivity index (χ0n) is 8.96. The molecule has 0 spiro atoms. The molecule has 0 aliphatic heterocycles. The van der Waals surface area contributed by atoms with Crippen molar-refractivity contribution in [2.45, 2.75) is 13.3 Å². The molecule has 1 rings (SSSR count). The van der Waals surface area contributed by atoms with Gasteiger partial charge in [-0.25, -0.2) is 0 Å². The lowest BCUT2D eigenvalue weighted by atomic mass is 10.2. The third kappa shape index (κ3) is 2.89. The van der Waals surface area contributed by atoms with Crippen LogP contribution >= 0.6 is 11.8 Å². The Kier molecular flexibility index (Phi) is 4.48. The van der Waals surface area contributed by atoms with Gasteiger partial charge in [-0.2, -0.15) is 16.9 Å². The Labute approximate surface area is 93.2 Å². The average Bonchev–Trinajstić information content (AvgIpc) is 2.60. The number of anilines is 1. The first kappa shape index (κ1) is 11.9. The molecule has 15 heavy (non-hydrogen) atoms. The number of hydrogen-bond donors (Lipinski definition) is 3. The van der Waals surface area contributed by atoms with Crippen molar-refractivity contribution in [2.24, 2.45) is 0 Å². The molecule has 0 aliphatic rings. The van der Waals surface area contributed by atoms with Gasteiger partial charge in [-0.05, 0) is 12.7 Å². The van der Waals surface area contributed by atoms with E-state index >= 15 is 0 Å². The molecule has 0 saturated heterocycles. The number of nitrogens with one attached hydrogen (secondary N) is 2. The number of H-pyrrole nitrogens is 1. The Balaban J connectivity index is 2.61. The van der Waals surface area contributed by atoms with Gasteiger partial charge in [0.05, 0.1) is 11.4 Å². The van der Waals surface area contributed by atoms with Crippen LogP contribution in [0.15, 0.2) is 0 Å². The highest BCUT2D eigenvalue weighted by molar-refractivity contribution is 7.98. The molecule has 0 radical (unpaired) electrons. The van der Waals surface area contributed by atoms with Crippen molar-refractivity contribution < 1.29 is 4.79 Å². The van der Waals surface area contributed by atoms with Gasteiger partial charge in [0.2, 0.25) is 0 Å². The van der Waals surface area contributed by atoms with Crippen LogP contribution in [0.5, 0.6) is 0 Å². The minimum atomic E-state index is -0.211. The monoisotopic (exact) mass is 228 g/mol. The zero-order chi connectivity index (χ0) is 11.3. The van der Waals surface area contributed by atoms with Crippen LogP contribution in [0.25, 0.3) is 0 Å². The summed E-state index contributed by atoms with van der Waals surface area (Å²) in [4.78, 5) is 11.6. The molecule has 0 bridgehead atoms. The maximum absolute atomic E-state index is 11.6. The Morgan fingerprint density at radius 3 is 2.93 bits per heavy atom. The number of amides is 1. The molecule has 0 unspecified atom stereocenters. The summed E-state index contributed by atoms with van der Waals surface area (Å²) in [6, 6.07) is 0. The molecule has 1 amide bonds. The van der Waals surface area contributed by atoms with Crippen molar-refractivity contribution in [3.8, 4) is 0 Å². The van der Waals surface area contributed by atoms with Gasteiger partial charge in [0.1, 0.15) is 0 Å². The maximum Gasteiger partial charge on any atom is 0.273 e. The predicted molar refractivity (Wildman–Crippen MR) is 63.1 cm³/mol. The molecule has 1 aromatic rings. The van der Waals surface area contributed by atoms with Crippen molar-refractivity contribution in [3.05, 3.63) is 11.4 Å². The minimum absolute atomic E-state index is 0.211. The molecule has 6 heteroatoms. The number of nitrogen functional groups attached to an aromatic ring is 1. The van der Waals surface area contributed by atoms with Crippen molar-refractivity contribution >= 4 is 23.4 Å². The van der Waals surface area contributed by atoms with E-state index in [1.54, 1.807) is 11.8 Å². The van der Waals surface area contributed by atoms with E-state index in [-0.39, 0.29) is 5.91 Å². The molecule has 84 valence electrons. The van der Waals surface area contributed by atoms with Crippen LogP contribution in [-0.4, -0.2) is 34.7 Å². The minimum Gasteiger partial charge on any atom is -0.395 e. The molecule has 0 fully saturated rings. The summed E-state index contributed by atoms with van der Waals surface area (Å²) in [5.41, 5.74) is 7.33. The number of carbonyl (C=O) groups is 1. The normalized spacial score (nSPS) is 10.3. The van der Waals surface area contributed by atoms with Gasteiger partial charge in [0.25, 0.3) is 5.91 Å². The number of nitrogens with zero attached hydrogens (tertiary/aromatic N) is 1. The van der Waals surface area contributed by atoms with Crippen LogP contribution in [0.1, 0.15) is 23.1 Å². The van der Waals surface area contributed by atoms with Gasteiger partial charge >= 0.3 is 0 Å². The van der Waals surface area contributed by atoms with Crippen molar-refractivity contribution in [2.75, 3.05) is 24.3 Å². The number of aromatic amines is 1. The highest BCUT2D eigenvalue weighted by atomic mass is 32.2. The van der Waals surface area contributed by atoms with Gasteiger partial charge in [0, 0.05) is 12.3 Å². The fourth-order valence-corrected chi connectivity index (χ4v) is 1.49. The van der Waals surface area contributed by atoms with Gasteiger partial charge in [0.15, 0.2) is 5.69 Å². The van der Waals surface area contributed by atoms with E-state index in [9.17, 15) is 4.79 Å². The fourth-order valence-electron chi connectivity index (χ4n) is 1.18. The summed E-state index contributed by atoms with van der Waals surface area (Å²) in [5.74, 6) is 0.675.